The molecule has 4 nitrogen and oxygen atoms in total. The number of amidine groups is 1. The lowest BCUT2D eigenvalue weighted by Gasteiger charge is -2.16. The van der Waals surface area contributed by atoms with E-state index in [0.717, 1.165) is 30.4 Å². The number of nitrogens with zero attached hydrogens (tertiary/aromatic N) is 1. The molecule has 1 aliphatic heterocycles. The first-order valence-corrected chi connectivity index (χ1v) is 6.75. The largest absolute Gasteiger partial charge is 0.399 e. The number of hydrogen-bond donors (Lipinski definition) is 2. The van der Waals surface area contributed by atoms with Gasteiger partial charge in [0.2, 0.25) is 5.91 Å². The van der Waals surface area contributed by atoms with Crippen molar-refractivity contribution in [2.75, 3.05) is 5.73 Å². The number of hydrogen-bond acceptors (Lipinski definition) is 3. The summed E-state index contributed by atoms with van der Waals surface area (Å²) in [6.45, 7) is 3.92. The van der Waals surface area contributed by atoms with E-state index in [9.17, 15) is 4.79 Å². The quantitative estimate of drug-likeness (QED) is 0.767. The maximum atomic E-state index is 12.4. The standard InChI is InChI=1S/C16H17N3O/c1-10-3-2-8-18-15(10)19-16(20)13-7-5-11-4-6-12(17)9-14(11)13/h2,4,6,8-9,13H,1,3,5,7,17H2,(H,18,19,20). The van der Waals surface area contributed by atoms with Crippen molar-refractivity contribution in [3.05, 3.63) is 53.8 Å². The number of carbonyl (C=O) groups is 1. The number of nitrogens with one attached hydrogen (secondary N) is 1. The van der Waals surface area contributed by atoms with Crippen LogP contribution < -0.4 is 11.1 Å². The summed E-state index contributed by atoms with van der Waals surface area (Å²) in [5.74, 6) is 0.411. The number of aliphatic imine (C=N–C) groups is 1. The second-order valence-corrected chi connectivity index (χ2v) is 5.21. The molecule has 3 rings (SSSR count). The maximum Gasteiger partial charge on any atom is 0.233 e. The molecular weight excluding hydrogens is 250 g/mol. The Kier molecular flexibility index (Phi) is 3.14. The molecule has 4 heteroatoms. The highest BCUT2D eigenvalue weighted by molar-refractivity contribution is 6.09. The van der Waals surface area contributed by atoms with E-state index < -0.39 is 0 Å². The number of carbonyl (C=O) groups excluding carboxylic acids is 1. The molecule has 0 spiro atoms. The van der Waals surface area contributed by atoms with Crippen LogP contribution in [0.15, 0.2) is 47.6 Å². The van der Waals surface area contributed by atoms with Crippen molar-refractivity contribution in [3.63, 3.8) is 0 Å². The van der Waals surface area contributed by atoms with E-state index in [1.807, 2.05) is 24.3 Å². The Balaban J connectivity index is 1.80. The van der Waals surface area contributed by atoms with Gasteiger partial charge in [0.15, 0.2) is 0 Å². The molecule has 0 aromatic heterocycles. The summed E-state index contributed by atoms with van der Waals surface area (Å²) in [6, 6.07) is 5.80. The Hall–Kier alpha value is -2.36. The zero-order valence-electron chi connectivity index (χ0n) is 11.2. The van der Waals surface area contributed by atoms with Gasteiger partial charge in [0.1, 0.15) is 5.84 Å². The van der Waals surface area contributed by atoms with Crippen LogP contribution in [0.4, 0.5) is 5.69 Å². The van der Waals surface area contributed by atoms with Crippen molar-refractivity contribution in [2.24, 2.45) is 4.99 Å². The van der Waals surface area contributed by atoms with Crippen LogP contribution in [-0.4, -0.2) is 11.7 Å². The van der Waals surface area contributed by atoms with Crippen LogP contribution in [0.5, 0.6) is 0 Å². The summed E-state index contributed by atoms with van der Waals surface area (Å²) in [7, 11) is 0. The minimum atomic E-state index is -0.144. The monoisotopic (exact) mass is 267 g/mol. The SMILES string of the molecule is C=C1CC=CN=C1NC(=O)C1CCc2ccc(N)cc21. The molecule has 1 aromatic carbocycles. The molecule has 0 fully saturated rings. The van der Waals surface area contributed by atoms with E-state index in [4.69, 9.17) is 5.73 Å². The van der Waals surface area contributed by atoms with Crippen LogP contribution in [0.25, 0.3) is 0 Å². The zero-order valence-corrected chi connectivity index (χ0v) is 11.2. The minimum Gasteiger partial charge on any atom is -0.399 e. The molecule has 2 aliphatic rings. The van der Waals surface area contributed by atoms with Crippen LogP contribution >= 0.6 is 0 Å². The highest BCUT2D eigenvalue weighted by Gasteiger charge is 2.29. The van der Waals surface area contributed by atoms with Crippen molar-refractivity contribution in [2.45, 2.75) is 25.2 Å². The highest BCUT2D eigenvalue weighted by atomic mass is 16.1. The number of allylic oxidation sites excluding steroid dienone is 1. The Morgan fingerprint density at radius 1 is 1.45 bits per heavy atom. The van der Waals surface area contributed by atoms with E-state index in [2.05, 4.69) is 16.9 Å². The van der Waals surface area contributed by atoms with Gasteiger partial charge in [-0.25, -0.2) is 4.99 Å². The second-order valence-electron chi connectivity index (χ2n) is 5.21. The zero-order chi connectivity index (χ0) is 14.1. The van der Waals surface area contributed by atoms with Gasteiger partial charge in [-0.15, -0.1) is 0 Å². The number of nitrogen functional groups attached to an aromatic ring is 1. The molecule has 0 saturated carbocycles. The van der Waals surface area contributed by atoms with Gasteiger partial charge in [0.25, 0.3) is 0 Å². The summed E-state index contributed by atoms with van der Waals surface area (Å²) < 4.78 is 0. The number of benzene rings is 1. The van der Waals surface area contributed by atoms with Crippen LogP contribution in [0, 0.1) is 0 Å². The summed E-state index contributed by atoms with van der Waals surface area (Å²) in [5.41, 5.74) is 9.61. The molecule has 1 atom stereocenters. The number of nitrogens with two attached hydrogens (primary N) is 1. The van der Waals surface area contributed by atoms with Crippen molar-refractivity contribution in [1.29, 1.82) is 0 Å². The molecule has 0 bridgehead atoms. The molecule has 3 N–H and O–H groups in total. The van der Waals surface area contributed by atoms with Crippen molar-refractivity contribution in [1.82, 2.24) is 5.32 Å². The number of anilines is 1. The summed E-state index contributed by atoms with van der Waals surface area (Å²) >= 11 is 0. The van der Waals surface area contributed by atoms with Gasteiger partial charge in [0, 0.05) is 11.9 Å². The van der Waals surface area contributed by atoms with E-state index in [1.54, 1.807) is 6.20 Å². The van der Waals surface area contributed by atoms with Gasteiger partial charge < -0.3 is 11.1 Å². The molecule has 1 unspecified atom stereocenters. The lowest BCUT2D eigenvalue weighted by Crippen LogP contribution is -2.35. The topological polar surface area (TPSA) is 67.5 Å². The van der Waals surface area contributed by atoms with E-state index in [-0.39, 0.29) is 11.8 Å². The normalized spacial score (nSPS) is 20.5. The molecular formula is C16H17N3O. The van der Waals surface area contributed by atoms with Crippen molar-refractivity contribution < 1.29 is 4.79 Å². The number of aryl methyl sites for hydroxylation is 1. The lowest BCUT2D eigenvalue weighted by atomic mass is 9.99. The Labute approximate surface area is 118 Å². The molecule has 102 valence electrons. The fourth-order valence-corrected chi connectivity index (χ4v) is 2.73. The van der Waals surface area contributed by atoms with Crippen LogP contribution in [0.2, 0.25) is 0 Å². The predicted octanol–water partition coefficient (Wildman–Crippen LogP) is 2.29. The van der Waals surface area contributed by atoms with Gasteiger partial charge in [-0.2, -0.15) is 0 Å². The maximum absolute atomic E-state index is 12.4. The van der Waals surface area contributed by atoms with Crippen LogP contribution in [0.3, 0.4) is 0 Å². The first-order valence-electron chi connectivity index (χ1n) is 6.75. The van der Waals surface area contributed by atoms with Gasteiger partial charge in [-0.1, -0.05) is 18.7 Å². The fraction of sp³-hybridized carbons (Fsp3) is 0.250. The van der Waals surface area contributed by atoms with E-state index >= 15 is 0 Å². The molecule has 1 aromatic rings. The van der Waals surface area contributed by atoms with E-state index in [0.29, 0.717) is 11.5 Å². The van der Waals surface area contributed by atoms with Gasteiger partial charge in [-0.3, -0.25) is 4.79 Å². The van der Waals surface area contributed by atoms with Crippen molar-refractivity contribution >= 4 is 17.4 Å². The predicted molar refractivity (Wildman–Crippen MR) is 80.4 cm³/mol. The van der Waals surface area contributed by atoms with Gasteiger partial charge in [-0.05, 0) is 48.1 Å². The number of fused-ring (bicyclic) bond motifs is 1. The number of amides is 1. The van der Waals surface area contributed by atoms with E-state index in [1.165, 1.54) is 5.56 Å². The van der Waals surface area contributed by atoms with Gasteiger partial charge in [0.05, 0.1) is 5.92 Å². The fourth-order valence-electron chi connectivity index (χ4n) is 2.73. The molecule has 1 heterocycles. The third-order valence-corrected chi connectivity index (χ3v) is 3.81. The Morgan fingerprint density at radius 2 is 2.30 bits per heavy atom. The molecule has 1 aliphatic carbocycles. The van der Waals surface area contributed by atoms with Crippen molar-refractivity contribution in [3.8, 4) is 0 Å². The third kappa shape index (κ3) is 2.25. The third-order valence-electron chi connectivity index (χ3n) is 3.81. The highest BCUT2D eigenvalue weighted by Crippen LogP contribution is 2.34. The Bertz CT molecular complexity index is 643. The Morgan fingerprint density at radius 3 is 3.10 bits per heavy atom. The average Bonchev–Trinajstić information content (AvgIpc) is 2.84. The van der Waals surface area contributed by atoms with Gasteiger partial charge >= 0.3 is 0 Å². The second kappa shape index (κ2) is 4.96. The minimum absolute atomic E-state index is 0.0236. The molecule has 20 heavy (non-hydrogen) atoms. The molecule has 0 radical (unpaired) electrons. The van der Waals surface area contributed by atoms with Crippen LogP contribution in [0.1, 0.15) is 29.9 Å². The average molecular weight is 267 g/mol. The lowest BCUT2D eigenvalue weighted by molar-refractivity contribution is -0.121. The first kappa shape index (κ1) is 12.7. The summed E-state index contributed by atoms with van der Waals surface area (Å²) in [5, 5.41) is 2.89. The molecule has 1 amide bonds. The van der Waals surface area contributed by atoms with Crippen LogP contribution in [-0.2, 0) is 11.2 Å². The summed E-state index contributed by atoms with van der Waals surface area (Å²) in [6.07, 6.45) is 6.09. The molecule has 0 saturated heterocycles. The first-order chi connectivity index (χ1) is 9.65. The smallest absolute Gasteiger partial charge is 0.233 e. The number of rotatable bonds is 1. The summed E-state index contributed by atoms with van der Waals surface area (Å²) in [4.78, 5) is 16.6.